The van der Waals surface area contributed by atoms with Gasteiger partial charge in [-0.15, -0.1) is 11.6 Å². The summed E-state index contributed by atoms with van der Waals surface area (Å²) in [6.07, 6.45) is 1.50. The van der Waals surface area contributed by atoms with Gasteiger partial charge < -0.3 is 4.74 Å². The van der Waals surface area contributed by atoms with Crippen LogP contribution in [0.15, 0.2) is 0 Å². The van der Waals surface area contributed by atoms with Crippen molar-refractivity contribution >= 4 is 11.6 Å². The van der Waals surface area contributed by atoms with Gasteiger partial charge in [0.25, 0.3) is 0 Å². The minimum atomic E-state index is 0.236. The number of hydrogen-bond donors (Lipinski definition) is 0. The summed E-state index contributed by atoms with van der Waals surface area (Å²) in [6, 6.07) is 0.549. The van der Waals surface area contributed by atoms with Gasteiger partial charge in [-0.05, 0) is 25.8 Å². The van der Waals surface area contributed by atoms with E-state index in [2.05, 4.69) is 25.7 Å². The van der Waals surface area contributed by atoms with E-state index in [0.29, 0.717) is 11.9 Å². The summed E-state index contributed by atoms with van der Waals surface area (Å²) in [7, 11) is 0. The smallest absolute Gasteiger partial charge is 0.0837 e. The molecule has 1 saturated heterocycles. The minimum Gasteiger partial charge on any atom is -0.374 e. The van der Waals surface area contributed by atoms with Gasteiger partial charge >= 0.3 is 0 Å². The minimum absolute atomic E-state index is 0.236. The van der Waals surface area contributed by atoms with Crippen molar-refractivity contribution in [3.8, 4) is 0 Å². The molecule has 1 heterocycles. The normalized spacial score (nSPS) is 29.8. The molecule has 0 aromatic carbocycles. The third-order valence-corrected chi connectivity index (χ3v) is 3.14. The van der Waals surface area contributed by atoms with Crippen molar-refractivity contribution in [2.45, 2.75) is 39.3 Å². The topological polar surface area (TPSA) is 12.5 Å². The Hall–Kier alpha value is 0.210. The van der Waals surface area contributed by atoms with Crippen molar-refractivity contribution in [1.29, 1.82) is 0 Å². The van der Waals surface area contributed by atoms with E-state index in [0.717, 1.165) is 19.1 Å². The molecule has 0 amide bonds. The van der Waals surface area contributed by atoms with Gasteiger partial charge in [0.05, 0.1) is 12.7 Å². The summed E-state index contributed by atoms with van der Waals surface area (Å²) >= 11 is 5.80. The first-order valence-electron chi connectivity index (χ1n) is 5.55. The molecule has 0 aromatic rings. The molecule has 0 spiro atoms. The molecule has 2 atom stereocenters. The van der Waals surface area contributed by atoms with Crippen molar-refractivity contribution in [1.82, 2.24) is 4.90 Å². The number of halogens is 1. The highest BCUT2D eigenvalue weighted by atomic mass is 35.5. The SMILES string of the molecule is CC(C)CCN1CC(CCl)OCC1C. The van der Waals surface area contributed by atoms with Crippen molar-refractivity contribution < 1.29 is 4.74 Å². The third kappa shape index (κ3) is 3.76. The van der Waals surface area contributed by atoms with Crippen molar-refractivity contribution in [3.05, 3.63) is 0 Å². The van der Waals surface area contributed by atoms with E-state index < -0.39 is 0 Å². The lowest BCUT2D eigenvalue weighted by Gasteiger charge is -2.37. The number of alkyl halides is 1. The molecular formula is C11H22ClNO. The van der Waals surface area contributed by atoms with Crippen LogP contribution in [0, 0.1) is 5.92 Å². The van der Waals surface area contributed by atoms with Gasteiger partial charge in [0.2, 0.25) is 0 Å². The second kappa shape index (κ2) is 5.94. The zero-order valence-electron chi connectivity index (χ0n) is 9.50. The maximum absolute atomic E-state index is 5.80. The zero-order valence-corrected chi connectivity index (χ0v) is 10.3. The maximum Gasteiger partial charge on any atom is 0.0837 e. The van der Waals surface area contributed by atoms with E-state index in [-0.39, 0.29) is 6.10 Å². The molecule has 3 heteroatoms. The molecule has 2 unspecified atom stereocenters. The molecule has 0 radical (unpaired) electrons. The Bertz CT molecular complexity index is 163. The molecule has 0 aromatic heterocycles. The van der Waals surface area contributed by atoms with Crippen molar-refractivity contribution in [2.75, 3.05) is 25.6 Å². The lowest BCUT2D eigenvalue weighted by Crippen LogP contribution is -2.49. The third-order valence-electron chi connectivity index (χ3n) is 2.80. The van der Waals surface area contributed by atoms with Crippen molar-refractivity contribution in [2.24, 2.45) is 5.92 Å². The van der Waals surface area contributed by atoms with E-state index in [9.17, 15) is 0 Å². The molecule has 0 aliphatic carbocycles. The predicted octanol–water partition coefficient (Wildman–Crippen LogP) is 2.36. The Labute approximate surface area is 92.6 Å². The Morgan fingerprint density at radius 3 is 2.79 bits per heavy atom. The van der Waals surface area contributed by atoms with Gasteiger partial charge in [-0.25, -0.2) is 0 Å². The van der Waals surface area contributed by atoms with Crippen LogP contribution in [-0.2, 0) is 4.74 Å². The summed E-state index contributed by atoms with van der Waals surface area (Å²) in [5.74, 6) is 1.39. The average Bonchev–Trinajstić information content (AvgIpc) is 2.16. The molecule has 84 valence electrons. The molecule has 0 bridgehead atoms. The maximum atomic E-state index is 5.80. The zero-order chi connectivity index (χ0) is 10.6. The Morgan fingerprint density at radius 1 is 1.50 bits per heavy atom. The van der Waals surface area contributed by atoms with Crippen molar-refractivity contribution in [3.63, 3.8) is 0 Å². The van der Waals surface area contributed by atoms with Gasteiger partial charge in [-0.2, -0.15) is 0 Å². The second-order valence-corrected chi connectivity index (χ2v) is 4.94. The van der Waals surface area contributed by atoms with Crippen LogP contribution in [0.2, 0.25) is 0 Å². The number of nitrogens with zero attached hydrogens (tertiary/aromatic N) is 1. The highest BCUT2D eigenvalue weighted by molar-refractivity contribution is 6.18. The van der Waals surface area contributed by atoms with Gasteiger partial charge in [-0.1, -0.05) is 13.8 Å². The first-order valence-corrected chi connectivity index (χ1v) is 6.08. The molecule has 2 nitrogen and oxygen atoms in total. The number of ether oxygens (including phenoxy) is 1. The fraction of sp³-hybridized carbons (Fsp3) is 1.00. The van der Waals surface area contributed by atoms with Gasteiger partial charge in [-0.3, -0.25) is 4.90 Å². The largest absolute Gasteiger partial charge is 0.374 e. The van der Waals surface area contributed by atoms with Crippen LogP contribution in [-0.4, -0.2) is 42.6 Å². The lowest BCUT2D eigenvalue weighted by molar-refractivity contribution is -0.0487. The summed E-state index contributed by atoms with van der Waals surface area (Å²) in [5, 5.41) is 0. The molecule has 1 fully saturated rings. The first kappa shape index (κ1) is 12.3. The highest BCUT2D eigenvalue weighted by Crippen LogP contribution is 2.14. The molecule has 14 heavy (non-hydrogen) atoms. The molecular weight excluding hydrogens is 198 g/mol. The van der Waals surface area contributed by atoms with Crippen LogP contribution >= 0.6 is 11.6 Å². The van der Waals surface area contributed by atoms with E-state index in [1.54, 1.807) is 0 Å². The van der Waals surface area contributed by atoms with E-state index in [1.165, 1.54) is 13.0 Å². The standard InChI is InChI=1S/C11H22ClNO/c1-9(2)4-5-13-7-11(6-12)14-8-10(13)3/h9-11H,4-8H2,1-3H3. The fourth-order valence-corrected chi connectivity index (χ4v) is 1.89. The number of hydrogen-bond acceptors (Lipinski definition) is 2. The summed E-state index contributed by atoms with van der Waals surface area (Å²) < 4.78 is 5.60. The van der Waals surface area contributed by atoms with Crippen LogP contribution < -0.4 is 0 Å². The molecule has 1 aliphatic heterocycles. The Balaban J connectivity index is 2.32. The van der Waals surface area contributed by atoms with Gasteiger partial charge in [0.15, 0.2) is 0 Å². The number of rotatable bonds is 4. The van der Waals surface area contributed by atoms with E-state index in [4.69, 9.17) is 16.3 Å². The quantitative estimate of drug-likeness (QED) is 0.674. The summed E-state index contributed by atoms with van der Waals surface area (Å²) in [5.41, 5.74) is 0. The molecule has 0 N–H and O–H groups in total. The number of morpholine rings is 1. The average molecular weight is 220 g/mol. The van der Waals surface area contributed by atoms with Crippen LogP contribution in [0.5, 0.6) is 0 Å². The first-order chi connectivity index (χ1) is 6.63. The monoisotopic (exact) mass is 219 g/mol. The van der Waals surface area contributed by atoms with Crippen LogP contribution in [0.4, 0.5) is 0 Å². The second-order valence-electron chi connectivity index (χ2n) is 4.64. The Morgan fingerprint density at radius 2 is 2.21 bits per heavy atom. The molecule has 1 rings (SSSR count). The molecule has 1 aliphatic rings. The van der Waals surface area contributed by atoms with E-state index in [1.807, 2.05) is 0 Å². The summed E-state index contributed by atoms with van der Waals surface area (Å²) in [6.45, 7) is 9.77. The van der Waals surface area contributed by atoms with Crippen LogP contribution in [0.1, 0.15) is 27.2 Å². The van der Waals surface area contributed by atoms with Gasteiger partial charge in [0.1, 0.15) is 0 Å². The lowest BCUT2D eigenvalue weighted by atomic mass is 10.1. The predicted molar refractivity (Wildman–Crippen MR) is 61.0 cm³/mol. The van der Waals surface area contributed by atoms with Crippen LogP contribution in [0.3, 0.4) is 0 Å². The molecule has 0 saturated carbocycles. The fourth-order valence-electron chi connectivity index (χ4n) is 1.70. The van der Waals surface area contributed by atoms with E-state index >= 15 is 0 Å². The summed E-state index contributed by atoms with van der Waals surface area (Å²) in [4.78, 5) is 2.50. The van der Waals surface area contributed by atoms with Crippen LogP contribution in [0.25, 0.3) is 0 Å². The highest BCUT2D eigenvalue weighted by Gasteiger charge is 2.24. The van der Waals surface area contributed by atoms with Gasteiger partial charge in [0, 0.05) is 18.5 Å². The Kier molecular flexibility index (Phi) is 5.21.